The van der Waals surface area contributed by atoms with E-state index in [1.807, 2.05) is 0 Å². The zero-order valence-electron chi connectivity index (χ0n) is 29.2. The first-order valence-corrected chi connectivity index (χ1v) is 19.1. The lowest BCUT2D eigenvalue weighted by atomic mass is 9.62. The molecule has 1 spiro atoms. The molecule has 256 valence electrons. The van der Waals surface area contributed by atoms with Gasteiger partial charge in [-0.05, 0) is 86.1 Å². The maximum Gasteiger partial charge on any atom is 0.138 e. The normalized spacial score (nSPS) is 22.0. The summed E-state index contributed by atoms with van der Waals surface area (Å²) in [4.78, 5) is 0. The minimum absolute atomic E-state index is 0.107. The fraction of sp³-hybridized carbons (Fsp3) is 0.184. The first-order valence-electron chi connectivity index (χ1n) is 19.1. The van der Waals surface area contributed by atoms with Crippen LogP contribution in [0.5, 0.6) is 28.7 Å². The lowest BCUT2D eigenvalue weighted by molar-refractivity contribution is 0.245. The molecule has 53 heavy (non-hydrogen) atoms. The highest BCUT2D eigenvalue weighted by molar-refractivity contribution is 5.85. The van der Waals surface area contributed by atoms with Gasteiger partial charge in [-0.15, -0.1) is 0 Å². The van der Waals surface area contributed by atoms with Crippen LogP contribution in [0.15, 0.2) is 132 Å². The van der Waals surface area contributed by atoms with Crippen molar-refractivity contribution in [3.8, 4) is 39.9 Å². The average molecular weight is 689 g/mol. The second-order valence-corrected chi connectivity index (χ2v) is 15.1. The summed E-state index contributed by atoms with van der Waals surface area (Å²) in [5.41, 5.74) is 12.3. The molecule has 0 bridgehead atoms. The van der Waals surface area contributed by atoms with Gasteiger partial charge >= 0.3 is 0 Å². The molecule has 0 amide bonds. The SMILES string of the molecule is C1=Cc2oc3c(c2CC1)CCC=C3c1ccc2c(c1)Oc1ccccc1C21c2ccccc2Oc2cc(-c3cccc4c3OC3C=CCCC43)ccc21. The standard InChI is InChI=1S/C49H36O4/c1-5-19-41-33(11-1)35-15-9-13-31(47(35)52-41)29-23-25-39-45(27-29)50-43-21-7-3-17-37(43)49(39)38-18-4-8-22-44(38)51-46-28-30(24-26-40(46)49)32-14-10-16-36-34-12-2-6-20-42(34)53-48(32)36/h3-9,13-15,17-28,33,41H,1-2,10-12,16H2. The van der Waals surface area contributed by atoms with E-state index in [1.54, 1.807) is 0 Å². The summed E-state index contributed by atoms with van der Waals surface area (Å²) in [6, 6.07) is 37.1. The van der Waals surface area contributed by atoms with E-state index in [-0.39, 0.29) is 6.10 Å². The highest BCUT2D eigenvalue weighted by Crippen LogP contribution is 2.62. The third kappa shape index (κ3) is 4.07. The minimum atomic E-state index is -0.666. The van der Waals surface area contributed by atoms with Gasteiger partial charge in [-0.3, -0.25) is 0 Å². The molecule has 0 fully saturated rings. The van der Waals surface area contributed by atoms with Gasteiger partial charge in [0, 0.05) is 56.0 Å². The van der Waals surface area contributed by atoms with E-state index in [4.69, 9.17) is 18.6 Å². The second kappa shape index (κ2) is 11.0. The Balaban J connectivity index is 1.05. The summed E-state index contributed by atoms with van der Waals surface area (Å²) in [6.45, 7) is 0. The number of allylic oxidation sites excluding steroid dienone is 3. The van der Waals surface area contributed by atoms with Crippen LogP contribution in [0.3, 0.4) is 0 Å². The van der Waals surface area contributed by atoms with Crippen molar-refractivity contribution < 1.29 is 18.6 Å². The summed E-state index contributed by atoms with van der Waals surface area (Å²) in [5, 5.41) is 0. The third-order valence-corrected chi connectivity index (χ3v) is 12.4. The molecule has 0 radical (unpaired) electrons. The van der Waals surface area contributed by atoms with Crippen molar-refractivity contribution in [3.63, 3.8) is 0 Å². The van der Waals surface area contributed by atoms with Crippen LogP contribution in [-0.4, -0.2) is 6.10 Å². The quantitative estimate of drug-likeness (QED) is 0.170. The Kier molecular flexibility index (Phi) is 6.14. The van der Waals surface area contributed by atoms with Crippen LogP contribution in [0.2, 0.25) is 0 Å². The number of para-hydroxylation sites is 3. The van der Waals surface area contributed by atoms with Crippen molar-refractivity contribution in [1.29, 1.82) is 0 Å². The molecule has 0 saturated heterocycles. The van der Waals surface area contributed by atoms with Crippen LogP contribution in [0.4, 0.5) is 0 Å². The number of furan rings is 1. The number of ether oxygens (including phenoxy) is 3. The van der Waals surface area contributed by atoms with Gasteiger partial charge < -0.3 is 18.6 Å². The van der Waals surface area contributed by atoms with Crippen molar-refractivity contribution in [2.24, 2.45) is 0 Å². The summed E-state index contributed by atoms with van der Waals surface area (Å²) in [5.74, 6) is 6.84. The van der Waals surface area contributed by atoms with E-state index < -0.39 is 5.41 Å². The van der Waals surface area contributed by atoms with Crippen LogP contribution >= 0.6 is 0 Å². The molecule has 4 nitrogen and oxygen atoms in total. The van der Waals surface area contributed by atoms with Crippen molar-refractivity contribution in [3.05, 3.63) is 183 Å². The summed E-state index contributed by atoms with van der Waals surface area (Å²) < 4.78 is 27.0. The van der Waals surface area contributed by atoms with E-state index in [1.165, 1.54) is 16.7 Å². The van der Waals surface area contributed by atoms with E-state index >= 15 is 0 Å². The van der Waals surface area contributed by atoms with Gasteiger partial charge in [0.15, 0.2) is 0 Å². The Morgan fingerprint density at radius 2 is 1.32 bits per heavy atom. The number of fused-ring (bicyclic) bond motifs is 14. The molecule has 3 atom stereocenters. The van der Waals surface area contributed by atoms with Gasteiger partial charge in [0.2, 0.25) is 0 Å². The van der Waals surface area contributed by atoms with Gasteiger partial charge in [-0.1, -0.05) is 97.1 Å². The number of hydrogen-bond donors (Lipinski definition) is 0. The van der Waals surface area contributed by atoms with Gasteiger partial charge in [-0.2, -0.15) is 0 Å². The first-order chi connectivity index (χ1) is 26.3. The molecule has 3 unspecified atom stereocenters. The van der Waals surface area contributed by atoms with Crippen LogP contribution in [0, 0.1) is 0 Å². The molecule has 0 N–H and O–H groups in total. The Morgan fingerprint density at radius 1 is 0.604 bits per heavy atom. The lowest BCUT2D eigenvalue weighted by Crippen LogP contribution is -2.36. The van der Waals surface area contributed by atoms with Gasteiger partial charge in [0.25, 0.3) is 0 Å². The Morgan fingerprint density at radius 3 is 2.13 bits per heavy atom. The van der Waals surface area contributed by atoms with E-state index in [0.717, 1.165) is 123 Å². The molecule has 5 aromatic carbocycles. The molecule has 0 saturated carbocycles. The lowest BCUT2D eigenvalue weighted by Gasteiger charge is -2.45. The number of hydrogen-bond acceptors (Lipinski definition) is 4. The van der Waals surface area contributed by atoms with Crippen LogP contribution < -0.4 is 14.2 Å². The van der Waals surface area contributed by atoms with Crippen molar-refractivity contribution in [2.75, 3.05) is 0 Å². The van der Waals surface area contributed by atoms with Crippen molar-refractivity contribution in [2.45, 2.75) is 56.0 Å². The van der Waals surface area contributed by atoms with Crippen LogP contribution in [0.25, 0.3) is 22.8 Å². The molecule has 6 aliphatic rings. The molecule has 4 heteroatoms. The fourth-order valence-electron chi connectivity index (χ4n) is 10.1. The smallest absolute Gasteiger partial charge is 0.138 e. The zero-order valence-corrected chi connectivity index (χ0v) is 29.2. The summed E-state index contributed by atoms with van der Waals surface area (Å²) in [6.07, 6.45) is 17.7. The molecule has 4 heterocycles. The third-order valence-electron chi connectivity index (χ3n) is 12.4. The molecule has 6 aromatic rings. The maximum absolute atomic E-state index is 6.89. The largest absolute Gasteiger partial charge is 0.485 e. The van der Waals surface area contributed by atoms with Gasteiger partial charge in [0.05, 0.1) is 5.41 Å². The van der Waals surface area contributed by atoms with Crippen LogP contribution in [0.1, 0.15) is 87.6 Å². The van der Waals surface area contributed by atoms with Gasteiger partial charge in [-0.25, -0.2) is 0 Å². The molecule has 1 aromatic heterocycles. The predicted molar refractivity (Wildman–Crippen MR) is 207 cm³/mol. The fourth-order valence-corrected chi connectivity index (χ4v) is 10.1. The highest BCUT2D eigenvalue weighted by Gasteiger charge is 2.51. The van der Waals surface area contributed by atoms with Crippen molar-refractivity contribution in [1.82, 2.24) is 0 Å². The van der Waals surface area contributed by atoms with E-state index in [2.05, 4.69) is 134 Å². The topological polar surface area (TPSA) is 40.8 Å². The Labute approximate surface area is 308 Å². The first kappa shape index (κ1) is 29.6. The summed E-state index contributed by atoms with van der Waals surface area (Å²) >= 11 is 0. The second-order valence-electron chi connectivity index (χ2n) is 15.1. The molecular weight excluding hydrogens is 653 g/mol. The van der Waals surface area contributed by atoms with Gasteiger partial charge in [0.1, 0.15) is 46.4 Å². The highest BCUT2D eigenvalue weighted by atomic mass is 16.5. The predicted octanol–water partition coefficient (Wildman–Crippen LogP) is 12.1. The molecule has 3 aliphatic heterocycles. The monoisotopic (exact) mass is 688 g/mol. The van der Waals surface area contributed by atoms with E-state index in [0.29, 0.717) is 5.92 Å². The Hall–Kier alpha value is -6.00. The average Bonchev–Trinajstić information content (AvgIpc) is 3.79. The number of rotatable bonds is 2. The van der Waals surface area contributed by atoms with Crippen LogP contribution in [-0.2, 0) is 18.3 Å². The molecule has 3 aliphatic carbocycles. The maximum atomic E-state index is 6.89. The number of benzene rings is 5. The minimum Gasteiger partial charge on any atom is -0.485 e. The molecule has 12 rings (SSSR count). The molecular formula is C49H36O4. The summed E-state index contributed by atoms with van der Waals surface area (Å²) in [7, 11) is 0. The van der Waals surface area contributed by atoms with E-state index in [9.17, 15) is 0 Å². The van der Waals surface area contributed by atoms with Crippen molar-refractivity contribution >= 4 is 11.6 Å². The zero-order chi connectivity index (χ0) is 34.7. The Bertz CT molecular complexity index is 2620.